The number of fused-ring (bicyclic) bond motifs is 1. The Morgan fingerprint density at radius 3 is 2.10 bits per heavy atom. The van der Waals surface area contributed by atoms with Gasteiger partial charge in [-0.1, -0.05) is 96.1 Å². The number of aromatic nitrogens is 1. The van der Waals surface area contributed by atoms with E-state index in [1.54, 1.807) is 32.2 Å². The smallest absolute Gasteiger partial charge is 0.244 e. The number of phenols is 1. The molecule has 0 spiro atoms. The molecule has 1 aromatic heterocycles. The van der Waals surface area contributed by atoms with Crippen molar-refractivity contribution in [3.05, 3.63) is 102 Å². The van der Waals surface area contributed by atoms with Crippen molar-refractivity contribution in [2.45, 2.75) is 114 Å². The van der Waals surface area contributed by atoms with Gasteiger partial charge in [0.1, 0.15) is 36.0 Å². The summed E-state index contributed by atoms with van der Waals surface area (Å²) in [6.07, 6.45) is 1.75. The van der Waals surface area contributed by atoms with Crippen LogP contribution in [0.2, 0.25) is 0 Å². The molecule has 0 radical (unpaired) electrons. The molecule has 1 aliphatic rings. The van der Waals surface area contributed by atoms with Crippen LogP contribution < -0.4 is 54.4 Å². The number of carbonyl (C=O) groups is 7. The van der Waals surface area contributed by atoms with Crippen molar-refractivity contribution in [3.8, 4) is 5.75 Å². The average Bonchev–Trinajstić information content (AvgIpc) is 3.76. The summed E-state index contributed by atoms with van der Waals surface area (Å²) in [5.41, 5.74) is 20.8. The Bertz CT molecular complexity index is 2440. The number of benzene rings is 3. The van der Waals surface area contributed by atoms with Gasteiger partial charge in [0.05, 0.1) is 24.2 Å². The first-order valence-electron chi connectivity index (χ1n) is 24.0. The maximum atomic E-state index is 14.8. The van der Waals surface area contributed by atoms with E-state index in [4.69, 9.17) is 17.2 Å². The van der Waals surface area contributed by atoms with Crippen molar-refractivity contribution in [3.63, 3.8) is 0 Å². The SMILES string of the molecule is CC(C)[C@H]1NC(=O)[C@H](CCCCN)NC(=O)[C@@H](Cc2c[nH]c3ccccc23)NC(=O)[C@H](Cc2ccc(O)cc2)NC[C@@H](NC(=O)[C@@H](N)Cc2ccccc2)CSSC[C@H](C(=O)N[C@H](C(N)=O)[C@@H](C)O)NC1=O. The zero-order valence-electron chi connectivity index (χ0n) is 40.7. The Hall–Kier alpha value is -6.17. The van der Waals surface area contributed by atoms with E-state index in [0.717, 1.165) is 27.3 Å². The number of para-hydroxylation sites is 1. The highest BCUT2D eigenvalue weighted by atomic mass is 33.1. The van der Waals surface area contributed by atoms with Crippen molar-refractivity contribution in [1.82, 2.24) is 42.2 Å². The molecular weight excluding hydrogens is 963 g/mol. The molecule has 9 atom stereocenters. The van der Waals surface area contributed by atoms with Crippen LogP contribution in [0.25, 0.3) is 10.9 Å². The maximum Gasteiger partial charge on any atom is 0.244 e. The molecule has 1 aliphatic heterocycles. The summed E-state index contributed by atoms with van der Waals surface area (Å²) in [4.78, 5) is 101. The first-order valence-corrected chi connectivity index (χ1v) is 26.5. The fraction of sp³-hybridized carbons (Fsp3) is 0.460. The summed E-state index contributed by atoms with van der Waals surface area (Å²) in [7, 11) is 2.39. The Morgan fingerprint density at radius 2 is 1.42 bits per heavy atom. The molecule has 390 valence electrons. The second-order valence-electron chi connectivity index (χ2n) is 18.3. The highest BCUT2D eigenvalue weighted by Crippen LogP contribution is 2.24. The Kier molecular flexibility index (Phi) is 22.2. The largest absolute Gasteiger partial charge is 0.508 e. The molecular formula is C50H69N11O9S2. The van der Waals surface area contributed by atoms with Crippen LogP contribution in [-0.2, 0) is 52.8 Å². The minimum absolute atomic E-state index is 0.00161. The summed E-state index contributed by atoms with van der Waals surface area (Å²) in [6.45, 7) is 4.97. The third-order valence-electron chi connectivity index (χ3n) is 12.2. The van der Waals surface area contributed by atoms with Gasteiger partial charge >= 0.3 is 0 Å². The van der Waals surface area contributed by atoms with Crippen LogP contribution in [0.3, 0.4) is 0 Å². The molecule has 4 aromatic rings. The molecule has 22 heteroatoms. The van der Waals surface area contributed by atoms with Crippen LogP contribution in [0, 0.1) is 5.92 Å². The molecule has 20 nitrogen and oxygen atoms in total. The predicted molar refractivity (Wildman–Crippen MR) is 279 cm³/mol. The summed E-state index contributed by atoms with van der Waals surface area (Å²) >= 11 is 0. The lowest BCUT2D eigenvalue weighted by molar-refractivity contribution is -0.136. The molecule has 72 heavy (non-hydrogen) atoms. The van der Waals surface area contributed by atoms with Gasteiger partial charge in [-0.3, -0.25) is 33.6 Å². The van der Waals surface area contributed by atoms with E-state index in [9.17, 15) is 43.8 Å². The number of nitrogens with two attached hydrogens (primary N) is 3. The Balaban J connectivity index is 1.55. The molecule has 7 amide bonds. The van der Waals surface area contributed by atoms with Crippen LogP contribution in [0.4, 0.5) is 0 Å². The predicted octanol–water partition coefficient (Wildman–Crippen LogP) is 0.142. The van der Waals surface area contributed by atoms with Gasteiger partial charge in [-0.05, 0) is 86.4 Å². The molecule has 1 saturated heterocycles. The van der Waals surface area contributed by atoms with Crippen LogP contribution in [0.1, 0.15) is 56.7 Å². The van der Waals surface area contributed by atoms with Crippen molar-refractivity contribution < 1.29 is 43.8 Å². The molecule has 2 heterocycles. The molecule has 16 N–H and O–H groups in total. The minimum atomic E-state index is -1.50. The lowest BCUT2D eigenvalue weighted by Crippen LogP contribution is -2.61. The number of aromatic hydroxyl groups is 1. The van der Waals surface area contributed by atoms with Crippen LogP contribution in [0.5, 0.6) is 5.75 Å². The Morgan fingerprint density at radius 1 is 0.764 bits per heavy atom. The fourth-order valence-electron chi connectivity index (χ4n) is 8.03. The van der Waals surface area contributed by atoms with E-state index in [1.807, 2.05) is 54.6 Å². The number of primary amides is 1. The molecule has 0 unspecified atom stereocenters. The van der Waals surface area contributed by atoms with Crippen molar-refractivity contribution in [1.29, 1.82) is 0 Å². The van der Waals surface area contributed by atoms with E-state index in [-0.39, 0.29) is 49.5 Å². The van der Waals surface area contributed by atoms with Gasteiger partial charge in [0, 0.05) is 41.6 Å². The topological polar surface area (TPSA) is 338 Å². The normalized spacial score (nSPS) is 22.3. The summed E-state index contributed by atoms with van der Waals surface area (Å²) in [6, 6.07) is 13.9. The van der Waals surface area contributed by atoms with Gasteiger partial charge in [0.25, 0.3) is 0 Å². The molecule has 0 bridgehead atoms. The van der Waals surface area contributed by atoms with Crippen molar-refractivity contribution in [2.75, 3.05) is 24.6 Å². The monoisotopic (exact) mass is 1030 g/mol. The van der Waals surface area contributed by atoms with Crippen molar-refractivity contribution >= 4 is 73.8 Å². The van der Waals surface area contributed by atoms with Gasteiger partial charge in [0.2, 0.25) is 41.4 Å². The van der Waals surface area contributed by atoms with Crippen molar-refractivity contribution in [2.24, 2.45) is 23.1 Å². The lowest BCUT2D eigenvalue weighted by Gasteiger charge is -2.29. The van der Waals surface area contributed by atoms with Gasteiger partial charge < -0.3 is 69.6 Å². The summed E-state index contributed by atoms with van der Waals surface area (Å²) in [5, 5.41) is 41.2. The van der Waals surface area contributed by atoms with Crippen LogP contribution in [0.15, 0.2) is 85.1 Å². The second kappa shape index (κ2) is 28.2. The van der Waals surface area contributed by atoms with Gasteiger partial charge in [0.15, 0.2) is 0 Å². The number of amides is 7. The number of aliphatic hydroxyl groups is 1. The number of aliphatic hydroxyl groups excluding tert-OH is 1. The standard InChI is InChI=1S/C50H69N11O9S2/c1-28(2)42-50(70)59-41(49(69)61-43(29(3)62)44(53)64)27-72-71-26-33(56-45(65)36(52)21-30-11-5-4-6-12-30)25-55-39(22-31-16-18-34(63)19-17-31)47(67)58-40(23-32-24-54-37-14-8-7-13-35(32)37)48(68)57-38(46(66)60-42)15-9-10-20-51/h4-8,11-14,16-19,24,28-29,33,36,38-43,54-55,62-63H,9-10,15,20-23,25-27,51-52H2,1-3H3,(H2,53,64)(H,56,65)(H,57,68)(H,58,67)(H,59,70)(H,60,66)(H,61,69)/t29-,33-,36+,38+,39+,40-,41-,42-,43+/m1/s1. The molecule has 0 aliphatic carbocycles. The van der Waals surface area contributed by atoms with E-state index >= 15 is 0 Å². The first-order chi connectivity index (χ1) is 34.4. The molecule has 5 rings (SSSR count). The van der Waals surface area contributed by atoms with Crippen LogP contribution in [-0.4, -0.2) is 136 Å². The fourth-order valence-corrected chi connectivity index (χ4v) is 10.4. The quantitative estimate of drug-likeness (QED) is 0.0495. The first kappa shape index (κ1) is 56.7. The third-order valence-corrected chi connectivity index (χ3v) is 14.6. The number of aromatic amines is 1. The van der Waals surface area contributed by atoms with Gasteiger partial charge in [-0.15, -0.1) is 0 Å². The number of hydrogen-bond acceptors (Lipinski definition) is 14. The van der Waals surface area contributed by atoms with Gasteiger partial charge in [-0.25, -0.2) is 0 Å². The maximum absolute atomic E-state index is 14.8. The summed E-state index contributed by atoms with van der Waals surface area (Å²) in [5.74, 6) is -5.47. The van der Waals surface area contributed by atoms with E-state index in [1.165, 1.54) is 29.9 Å². The van der Waals surface area contributed by atoms with E-state index < -0.39 is 102 Å². The lowest BCUT2D eigenvalue weighted by atomic mass is 10.00. The van der Waals surface area contributed by atoms with E-state index in [0.29, 0.717) is 30.5 Å². The van der Waals surface area contributed by atoms with Crippen LogP contribution >= 0.6 is 21.6 Å². The number of unbranched alkanes of at least 4 members (excludes halogenated alkanes) is 1. The zero-order valence-corrected chi connectivity index (χ0v) is 42.4. The highest BCUT2D eigenvalue weighted by Gasteiger charge is 2.35. The molecule has 1 fully saturated rings. The summed E-state index contributed by atoms with van der Waals surface area (Å²) < 4.78 is 0. The van der Waals surface area contributed by atoms with Gasteiger partial charge in [-0.2, -0.15) is 0 Å². The Labute approximate surface area is 427 Å². The number of hydrogen-bond donors (Lipinski definition) is 13. The third kappa shape index (κ3) is 17.3. The number of phenolic OH excluding ortho intramolecular Hbond substituents is 1. The number of nitrogens with one attached hydrogen (secondary N) is 8. The molecule has 0 saturated carbocycles. The number of carbonyl (C=O) groups excluding carboxylic acids is 7. The minimum Gasteiger partial charge on any atom is -0.508 e. The molecule has 3 aromatic carbocycles. The average molecular weight is 1030 g/mol. The highest BCUT2D eigenvalue weighted by molar-refractivity contribution is 8.76. The second-order valence-corrected chi connectivity index (χ2v) is 20.8. The number of H-pyrrole nitrogens is 1. The zero-order chi connectivity index (χ0) is 52.3. The van der Waals surface area contributed by atoms with E-state index in [2.05, 4.69) is 42.2 Å². The number of rotatable bonds is 17.